The Morgan fingerprint density at radius 3 is 2.75 bits per heavy atom. The largest absolute Gasteiger partial charge is 0.343 e. The normalized spacial score (nSPS) is 11.2. The Balaban J connectivity index is 1.94. The highest BCUT2D eigenvalue weighted by molar-refractivity contribution is 7.11. The summed E-state index contributed by atoms with van der Waals surface area (Å²) in [4.78, 5) is 11.9. The Hall–Kier alpha value is -1.27. The third-order valence-electron chi connectivity index (χ3n) is 2.30. The molecular formula is C10H14N4OS. The fourth-order valence-electron chi connectivity index (χ4n) is 1.40. The fraction of sp³-hybridized carbons (Fsp3) is 0.500. The molecule has 2 aromatic heterocycles. The Labute approximate surface area is 98.1 Å². The lowest BCUT2D eigenvalue weighted by molar-refractivity contribution is 0.301. The van der Waals surface area contributed by atoms with E-state index in [1.807, 2.05) is 14.0 Å². The molecule has 0 amide bonds. The van der Waals surface area contributed by atoms with Gasteiger partial charge in [0.05, 0.1) is 18.8 Å². The predicted molar refractivity (Wildman–Crippen MR) is 61.1 cm³/mol. The van der Waals surface area contributed by atoms with Crippen molar-refractivity contribution in [2.24, 2.45) is 0 Å². The Morgan fingerprint density at radius 1 is 1.38 bits per heavy atom. The van der Waals surface area contributed by atoms with Crippen molar-refractivity contribution >= 4 is 11.3 Å². The molecule has 2 aromatic rings. The molecule has 86 valence electrons. The molecule has 16 heavy (non-hydrogen) atoms. The lowest BCUT2D eigenvalue weighted by atomic mass is 10.4. The number of aromatic nitrogens is 3. The molecule has 0 aliphatic rings. The van der Waals surface area contributed by atoms with Crippen molar-refractivity contribution in [1.82, 2.24) is 20.0 Å². The molecule has 0 N–H and O–H groups in total. The van der Waals surface area contributed by atoms with Crippen molar-refractivity contribution in [1.29, 1.82) is 0 Å². The van der Waals surface area contributed by atoms with Gasteiger partial charge in [-0.15, -0.1) is 11.3 Å². The maximum Gasteiger partial charge on any atom is 0.213 e. The minimum atomic E-state index is 0.675. The average molecular weight is 238 g/mol. The summed E-state index contributed by atoms with van der Waals surface area (Å²) in [7, 11) is 2.02. The van der Waals surface area contributed by atoms with Crippen LogP contribution in [0.5, 0.6) is 0 Å². The van der Waals surface area contributed by atoms with Crippen LogP contribution in [0.25, 0.3) is 0 Å². The molecule has 2 rings (SSSR count). The third-order valence-corrected chi connectivity index (χ3v) is 3.35. The van der Waals surface area contributed by atoms with Crippen molar-refractivity contribution in [3.8, 4) is 0 Å². The summed E-state index contributed by atoms with van der Waals surface area (Å²) in [6, 6.07) is 0. The number of hydrogen-bond donors (Lipinski definition) is 0. The van der Waals surface area contributed by atoms with E-state index in [1.54, 1.807) is 11.3 Å². The van der Waals surface area contributed by atoms with Crippen LogP contribution in [-0.2, 0) is 13.1 Å². The van der Waals surface area contributed by atoms with Gasteiger partial charge < -0.3 is 4.52 Å². The van der Waals surface area contributed by atoms with Crippen LogP contribution < -0.4 is 0 Å². The van der Waals surface area contributed by atoms with Crippen molar-refractivity contribution < 1.29 is 4.52 Å². The molecule has 5 nitrogen and oxygen atoms in total. The van der Waals surface area contributed by atoms with Crippen LogP contribution in [0.15, 0.2) is 10.9 Å². The molecule has 2 heterocycles. The second-order valence-corrected chi connectivity index (χ2v) is 5.06. The highest BCUT2D eigenvalue weighted by Gasteiger charge is 2.09. The molecule has 0 saturated carbocycles. The number of nitrogens with zero attached hydrogens (tertiary/aromatic N) is 4. The van der Waals surface area contributed by atoms with E-state index in [1.165, 1.54) is 11.3 Å². The molecule has 0 saturated heterocycles. The summed E-state index contributed by atoms with van der Waals surface area (Å²) >= 11 is 1.74. The quantitative estimate of drug-likeness (QED) is 0.812. The highest BCUT2D eigenvalue weighted by atomic mass is 32.1. The topological polar surface area (TPSA) is 55.1 Å². The zero-order valence-electron chi connectivity index (χ0n) is 9.60. The van der Waals surface area contributed by atoms with E-state index >= 15 is 0 Å². The van der Waals surface area contributed by atoms with E-state index < -0.39 is 0 Å². The fourth-order valence-corrected chi connectivity index (χ4v) is 2.41. The Morgan fingerprint density at radius 2 is 2.19 bits per heavy atom. The smallest absolute Gasteiger partial charge is 0.213 e. The third kappa shape index (κ3) is 2.65. The number of aryl methyl sites for hydroxylation is 2. The van der Waals surface area contributed by atoms with Crippen LogP contribution in [0.4, 0.5) is 0 Å². The van der Waals surface area contributed by atoms with Gasteiger partial charge in [0.15, 0.2) is 5.82 Å². The lowest BCUT2D eigenvalue weighted by Crippen LogP contribution is -2.17. The van der Waals surface area contributed by atoms with Crippen molar-refractivity contribution in [3.05, 3.63) is 27.8 Å². The summed E-state index contributed by atoms with van der Waals surface area (Å²) in [5.74, 6) is 0.701. The average Bonchev–Trinajstić information content (AvgIpc) is 2.78. The van der Waals surface area contributed by atoms with Crippen molar-refractivity contribution in [2.75, 3.05) is 7.05 Å². The number of thiazole rings is 1. The van der Waals surface area contributed by atoms with Crippen molar-refractivity contribution in [2.45, 2.75) is 26.9 Å². The molecule has 0 unspecified atom stereocenters. The molecule has 0 fully saturated rings. The molecule has 0 aliphatic carbocycles. The van der Waals surface area contributed by atoms with Gasteiger partial charge in [0.2, 0.25) is 6.39 Å². The Kier molecular flexibility index (Phi) is 3.31. The second kappa shape index (κ2) is 4.71. The van der Waals surface area contributed by atoms with E-state index in [4.69, 9.17) is 0 Å². The van der Waals surface area contributed by atoms with Crippen LogP contribution in [0.3, 0.4) is 0 Å². The maximum atomic E-state index is 4.69. The van der Waals surface area contributed by atoms with Gasteiger partial charge in [0, 0.05) is 4.88 Å². The zero-order chi connectivity index (χ0) is 11.5. The van der Waals surface area contributed by atoms with Crippen LogP contribution in [0.2, 0.25) is 0 Å². The Bertz CT molecular complexity index is 432. The number of rotatable bonds is 4. The molecule has 0 spiro atoms. The number of hydrogen-bond acceptors (Lipinski definition) is 6. The first kappa shape index (κ1) is 11.2. The molecule has 6 heteroatoms. The second-order valence-electron chi connectivity index (χ2n) is 3.77. The molecular weight excluding hydrogens is 224 g/mol. The van der Waals surface area contributed by atoms with Crippen LogP contribution in [-0.4, -0.2) is 27.1 Å². The molecule has 0 atom stereocenters. The highest BCUT2D eigenvalue weighted by Crippen LogP contribution is 2.17. The van der Waals surface area contributed by atoms with Gasteiger partial charge in [-0.2, -0.15) is 4.98 Å². The monoisotopic (exact) mass is 238 g/mol. The van der Waals surface area contributed by atoms with Gasteiger partial charge in [0.1, 0.15) is 5.01 Å². The van der Waals surface area contributed by atoms with Gasteiger partial charge in [-0.05, 0) is 20.9 Å². The van der Waals surface area contributed by atoms with E-state index in [2.05, 4.69) is 31.5 Å². The summed E-state index contributed by atoms with van der Waals surface area (Å²) < 4.78 is 4.69. The first-order chi connectivity index (χ1) is 7.65. The van der Waals surface area contributed by atoms with Crippen molar-refractivity contribution in [3.63, 3.8) is 0 Å². The van der Waals surface area contributed by atoms with Crippen LogP contribution >= 0.6 is 11.3 Å². The van der Waals surface area contributed by atoms with E-state index in [0.29, 0.717) is 12.4 Å². The van der Waals surface area contributed by atoms with E-state index in [-0.39, 0.29) is 0 Å². The summed E-state index contributed by atoms with van der Waals surface area (Å²) in [6.45, 7) is 5.62. The molecule has 0 aliphatic heterocycles. The SMILES string of the molecule is Cc1nc(CN(C)Cc2ncon2)sc1C. The first-order valence-corrected chi connectivity index (χ1v) is 5.83. The lowest BCUT2D eigenvalue weighted by Gasteiger charge is -2.11. The van der Waals surface area contributed by atoms with Crippen LogP contribution in [0.1, 0.15) is 21.4 Å². The van der Waals surface area contributed by atoms with Gasteiger partial charge in [-0.25, -0.2) is 4.98 Å². The molecule has 0 radical (unpaired) electrons. The van der Waals surface area contributed by atoms with E-state index in [0.717, 1.165) is 17.2 Å². The summed E-state index contributed by atoms with van der Waals surface area (Å²) in [5.41, 5.74) is 1.12. The van der Waals surface area contributed by atoms with Gasteiger partial charge >= 0.3 is 0 Å². The first-order valence-electron chi connectivity index (χ1n) is 5.02. The van der Waals surface area contributed by atoms with E-state index in [9.17, 15) is 0 Å². The van der Waals surface area contributed by atoms with Gasteiger partial charge in [-0.1, -0.05) is 5.16 Å². The minimum Gasteiger partial charge on any atom is -0.343 e. The molecule has 0 bridgehead atoms. The summed E-state index contributed by atoms with van der Waals surface area (Å²) in [6.07, 6.45) is 1.35. The zero-order valence-corrected chi connectivity index (χ0v) is 10.4. The molecule has 0 aromatic carbocycles. The van der Waals surface area contributed by atoms with Gasteiger partial charge in [-0.3, -0.25) is 4.90 Å². The standard InChI is InChI=1S/C10H14N4OS/c1-7-8(2)16-10(12-7)5-14(3)4-9-11-6-15-13-9/h6H,4-5H2,1-3H3. The predicted octanol–water partition coefficient (Wildman–Crippen LogP) is 1.77. The van der Waals surface area contributed by atoms with Crippen LogP contribution in [0, 0.1) is 13.8 Å². The minimum absolute atomic E-state index is 0.675. The maximum absolute atomic E-state index is 4.69. The van der Waals surface area contributed by atoms with Gasteiger partial charge in [0.25, 0.3) is 0 Å². The summed E-state index contributed by atoms with van der Waals surface area (Å²) in [5, 5.41) is 4.90.